The molecule has 1 N–H and O–H groups in total. The van der Waals surface area contributed by atoms with E-state index in [1.165, 1.54) is 43.1 Å². The lowest BCUT2D eigenvalue weighted by atomic mass is 9.82. The molecule has 114 valence electrons. The summed E-state index contributed by atoms with van der Waals surface area (Å²) in [7, 11) is 0. The zero-order valence-electron chi connectivity index (χ0n) is 13.5. The molecule has 1 fully saturated rings. The first-order chi connectivity index (χ1) is 10.2. The standard InChI is InChI=1S/C19H27NO/c1-4-15-9-5-7-11-17(15)20-14(3)19-13(2)16-10-6-8-12-18(16)21-19/h6,8,10,12,14-15,17,20H,4-5,7,9,11H2,1-3H3. The van der Waals surface area contributed by atoms with E-state index >= 15 is 0 Å². The zero-order chi connectivity index (χ0) is 14.8. The van der Waals surface area contributed by atoms with Crippen molar-refractivity contribution in [3.8, 4) is 0 Å². The summed E-state index contributed by atoms with van der Waals surface area (Å²) in [6.45, 7) is 6.74. The highest BCUT2D eigenvalue weighted by atomic mass is 16.3. The summed E-state index contributed by atoms with van der Waals surface area (Å²) in [4.78, 5) is 0. The molecule has 0 spiro atoms. The van der Waals surface area contributed by atoms with Crippen molar-refractivity contribution in [2.75, 3.05) is 0 Å². The van der Waals surface area contributed by atoms with Crippen LogP contribution in [0.15, 0.2) is 28.7 Å². The third-order valence-electron chi connectivity index (χ3n) is 5.17. The molecule has 0 aliphatic heterocycles. The lowest BCUT2D eigenvalue weighted by molar-refractivity contribution is 0.233. The SMILES string of the molecule is CCC1CCCCC1NC(C)c1oc2ccccc2c1C. The van der Waals surface area contributed by atoms with Crippen molar-refractivity contribution in [1.82, 2.24) is 5.32 Å². The minimum Gasteiger partial charge on any atom is -0.459 e. The molecule has 3 rings (SSSR count). The lowest BCUT2D eigenvalue weighted by Gasteiger charge is -2.33. The summed E-state index contributed by atoms with van der Waals surface area (Å²) in [6.07, 6.45) is 6.72. The van der Waals surface area contributed by atoms with E-state index in [-0.39, 0.29) is 6.04 Å². The number of fused-ring (bicyclic) bond motifs is 1. The van der Waals surface area contributed by atoms with Gasteiger partial charge in [0.25, 0.3) is 0 Å². The van der Waals surface area contributed by atoms with Crippen LogP contribution >= 0.6 is 0 Å². The van der Waals surface area contributed by atoms with Gasteiger partial charge in [-0.3, -0.25) is 0 Å². The quantitative estimate of drug-likeness (QED) is 0.818. The summed E-state index contributed by atoms with van der Waals surface area (Å²) in [5.74, 6) is 1.93. The Labute approximate surface area is 127 Å². The predicted octanol–water partition coefficient (Wildman–Crippen LogP) is 5.36. The largest absolute Gasteiger partial charge is 0.459 e. The van der Waals surface area contributed by atoms with Gasteiger partial charge in [-0.15, -0.1) is 0 Å². The molecule has 0 saturated heterocycles. The molecular weight excluding hydrogens is 258 g/mol. The molecule has 0 amide bonds. The molecule has 3 unspecified atom stereocenters. The minimum absolute atomic E-state index is 0.287. The average Bonchev–Trinajstić information content (AvgIpc) is 2.85. The normalized spacial score (nSPS) is 24.3. The van der Waals surface area contributed by atoms with Crippen molar-refractivity contribution >= 4 is 11.0 Å². The zero-order valence-corrected chi connectivity index (χ0v) is 13.5. The van der Waals surface area contributed by atoms with E-state index < -0.39 is 0 Å². The third kappa shape index (κ3) is 2.87. The second-order valence-corrected chi connectivity index (χ2v) is 6.54. The molecule has 1 aliphatic rings. The summed E-state index contributed by atoms with van der Waals surface area (Å²) in [5.41, 5.74) is 2.30. The first-order valence-corrected chi connectivity index (χ1v) is 8.44. The Morgan fingerprint density at radius 1 is 1.24 bits per heavy atom. The maximum Gasteiger partial charge on any atom is 0.134 e. The second-order valence-electron chi connectivity index (χ2n) is 6.54. The molecular formula is C19H27NO. The highest BCUT2D eigenvalue weighted by Crippen LogP contribution is 2.32. The van der Waals surface area contributed by atoms with Crippen LogP contribution in [0.5, 0.6) is 0 Å². The fraction of sp³-hybridized carbons (Fsp3) is 0.579. The molecule has 1 aliphatic carbocycles. The number of aryl methyl sites for hydroxylation is 1. The second kappa shape index (κ2) is 6.23. The number of rotatable bonds is 4. The monoisotopic (exact) mass is 285 g/mol. The van der Waals surface area contributed by atoms with Gasteiger partial charge in [-0.1, -0.05) is 44.4 Å². The van der Waals surface area contributed by atoms with Crippen LogP contribution < -0.4 is 5.32 Å². The Morgan fingerprint density at radius 2 is 2.00 bits per heavy atom. The van der Waals surface area contributed by atoms with Crippen LogP contribution in [0.4, 0.5) is 0 Å². The van der Waals surface area contributed by atoms with E-state index in [2.05, 4.69) is 44.3 Å². The van der Waals surface area contributed by atoms with E-state index in [1.54, 1.807) is 0 Å². The molecule has 2 heteroatoms. The van der Waals surface area contributed by atoms with Crippen LogP contribution in [0.1, 0.15) is 63.3 Å². The summed E-state index contributed by atoms with van der Waals surface area (Å²) < 4.78 is 6.11. The smallest absolute Gasteiger partial charge is 0.134 e. The van der Waals surface area contributed by atoms with Crippen molar-refractivity contribution < 1.29 is 4.42 Å². The molecule has 2 aromatic rings. The fourth-order valence-electron chi connectivity index (χ4n) is 3.92. The molecule has 21 heavy (non-hydrogen) atoms. The number of nitrogens with one attached hydrogen (secondary N) is 1. The van der Waals surface area contributed by atoms with Gasteiger partial charge in [-0.2, -0.15) is 0 Å². The van der Waals surface area contributed by atoms with Crippen LogP contribution in [-0.2, 0) is 0 Å². The predicted molar refractivity (Wildman–Crippen MR) is 88.5 cm³/mol. The van der Waals surface area contributed by atoms with Crippen molar-refractivity contribution in [2.24, 2.45) is 5.92 Å². The Bertz CT molecular complexity index is 601. The number of benzene rings is 1. The summed E-state index contributed by atoms with van der Waals surface area (Å²) >= 11 is 0. The molecule has 1 aromatic carbocycles. The average molecular weight is 285 g/mol. The minimum atomic E-state index is 0.287. The van der Waals surface area contributed by atoms with Crippen LogP contribution in [0.3, 0.4) is 0 Å². The molecule has 2 nitrogen and oxygen atoms in total. The van der Waals surface area contributed by atoms with E-state index in [0.29, 0.717) is 6.04 Å². The van der Waals surface area contributed by atoms with Gasteiger partial charge in [0.1, 0.15) is 11.3 Å². The summed E-state index contributed by atoms with van der Waals surface area (Å²) in [6, 6.07) is 9.27. The van der Waals surface area contributed by atoms with Gasteiger partial charge in [0.2, 0.25) is 0 Å². The number of furan rings is 1. The van der Waals surface area contributed by atoms with Crippen LogP contribution in [-0.4, -0.2) is 6.04 Å². The first-order valence-electron chi connectivity index (χ1n) is 8.44. The van der Waals surface area contributed by atoms with Crippen LogP contribution in [0, 0.1) is 12.8 Å². The fourth-order valence-corrected chi connectivity index (χ4v) is 3.92. The Hall–Kier alpha value is -1.28. The molecule has 3 atom stereocenters. The van der Waals surface area contributed by atoms with E-state index in [0.717, 1.165) is 17.3 Å². The number of hydrogen-bond acceptors (Lipinski definition) is 2. The molecule has 1 aromatic heterocycles. The van der Waals surface area contributed by atoms with Crippen LogP contribution in [0.25, 0.3) is 11.0 Å². The molecule has 0 bridgehead atoms. The van der Waals surface area contributed by atoms with E-state index in [4.69, 9.17) is 4.42 Å². The van der Waals surface area contributed by atoms with Gasteiger partial charge in [0, 0.05) is 11.4 Å². The van der Waals surface area contributed by atoms with Gasteiger partial charge in [0.15, 0.2) is 0 Å². The number of hydrogen-bond donors (Lipinski definition) is 1. The van der Waals surface area contributed by atoms with Gasteiger partial charge < -0.3 is 9.73 Å². The van der Waals surface area contributed by atoms with Gasteiger partial charge in [0.05, 0.1) is 6.04 Å². The maximum absolute atomic E-state index is 6.11. The van der Waals surface area contributed by atoms with Crippen molar-refractivity contribution in [3.05, 3.63) is 35.6 Å². The topological polar surface area (TPSA) is 25.2 Å². The van der Waals surface area contributed by atoms with E-state index in [1.807, 2.05) is 6.07 Å². The maximum atomic E-state index is 6.11. The highest BCUT2D eigenvalue weighted by molar-refractivity contribution is 5.82. The van der Waals surface area contributed by atoms with Crippen molar-refractivity contribution in [1.29, 1.82) is 0 Å². The Kier molecular flexibility index (Phi) is 4.34. The van der Waals surface area contributed by atoms with Gasteiger partial charge in [-0.05, 0) is 44.2 Å². The van der Waals surface area contributed by atoms with Crippen LogP contribution in [0.2, 0.25) is 0 Å². The molecule has 0 radical (unpaired) electrons. The summed E-state index contributed by atoms with van der Waals surface area (Å²) in [5, 5.41) is 5.09. The lowest BCUT2D eigenvalue weighted by Crippen LogP contribution is -2.39. The van der Waals surface area contributed by atoms with Crippen molar-refractivity contribution in [2.45, 2.75) is 65.0 Å². The third-order valence-corrected chi connectivity index (χ3v) is 5.17. The van der Waals surface area contributed by atoms with E-state index in [9.17, 15) is 0 Å². The Balaban J connectivity index is 1.80. The number of para-hydroxylation sites is 1. The highest BCUT2D eigenvalue weighted by Gasteiger charge is 2.26. The molecule has 1 heterocycles. The molecule has 1 saturated carbocycles. The Morgan fingerprint density at radius 3 is 2.76 bits per heavy atom. The first kappa shape index (κ1) is 14.6. The van der Waals surface area contributed by atoms with Gasteiger partial charge >= 0.3 is 0 Å². The van der Waals surface area contributed by atoms with Crippen molar-refractivity contribution in [3.63, 3.8) is 0 Å². The van der Waals surface area contributed by atoms with Gasteiger partial charge in [-0.25, -0.2) is 0 Å².